The van der Waals surface area contributed by atoms with Crippen LogP contribution in [0, 0.1) is 5.92 Å². The van der Waals surface area contributed by atoms with Crippen molar-refractivity contribution in [2.24, 2.45) is 5.92 Å². The number of fused-ring (bicyclic) bond motifs is 1. The van der Waals surface area contributed by atoms with E-state index < -0.39 is 10.0 Å². The van der Waals surface area contributed by atoms with Gasteiger partial charge in [-0.1, -0.05) is 43.2 Å². The lowest BCUT2D eigenvalue weighted by molar-refractivity contribution is -0.896. The Morgan fingerprint density at radius 1 is 1.00 bits per heavy atom. The molecule has 1 saturated carbocycles. The summed E-state index contributed by atoms with van der Waals surface area (Å²) in [6.07, 6.45) is 9.03. The number of hydrogen-bond acceptors (Lipinski definition) is 3. The van der Waals surface area contributed by atoms with Gasteiger partial charge in [0.2, 0.25) is 10.0 Å². The molecule has 2 saturated heterocycles. The van der Waals surface area contributed by atoms with Crippen molar-refractivity contribution in [2.45, 2.75) is 44.6 Å². The van der Waals surface area contributed by atoms with Crippen LogP contribution in [-0.4, -0.2) is 68.8 Å². The van der Waals surface area contributed by atoms with Crippen molar-refractivity contribution in [3.8, 4) is 0 Å². The van der Waals surface area contributed by atoms with Crippen LogP contribution in [0.25, 0.3) is 6.08 Å². The Morgan fingerprint density at radius 3 is 2.47 bits per heavy atom. The maximum Gasteiger partial charge on any atom is 0.278 e. The predicted molar refractivity (Wildman–Crippen MR) is 118 cm³/mol. The smallest absolute Gasteiger partial charge is 0.278 e. The van der Waals surface area contributed by atoms with E-state index in [0.717, 1.165) is 24.9 Å². The molecule has 2 aliphatic heterocycles. The summed E-state index contributed by atoms with van der Waals surface area (Å²) < 4.78 is 26.8. The van der Waals surface area contributed by atoms with Crippen LogP contribution in [-0.2, 0) is 14.8 Å². The second-order valence-electron chi connectivity index (χ2n) is 8.93. The molecular formula is C23H34N3O3S+. The minimum absolute atomic E-state index is 0.266. The van der Waals surface area contributed by atoms with Crippen LogP contribution in [0.5, 0.6) is 0 Å². The number of carbonyl (C=O) groups is 1. The van der Waals surface area contributed by atoms with Gasteiger partial charge in [-0.2, -0.15) is 4.31 Å². The zero-order chi connectivity index (χ0) is 21.0. The van der Waals surface area contributed by atoms with E-state index in [1.165, 1.54) is 36.0 Å². The fraction of sp³-hybridized carbons (Fsp3) is 0.609. The monoisotopic (exact) mass is 432 g/mol. The fourth-order valence-corrected chi connectivity index (χ4v) is 6.49. The highest BCUT2D eigenvalue weighted by atomic mass is 32.2. The van der Waals surface area contributed by atoms with Gasteiger partial charge in [0.25, 0.3) is 5.91 Å². The lowest BCUT2D eigenvalue weighted by Gasteiger charge is -2.44. The largest absolute Gasteiger partial charge is 0.335 e. The molecule has 164 valence electrons. The summed E-state index contributed by atoms with van der Waals surface area (Å²) in [6.45, 7) is 3.71. The zero-order valence-corrected chi connectivity index (χ0v) is 18.5. The third-order valence-corrected chi connectivity index (χ3v) is 8.55. The van der Waals surface area contributed by atoms with Crippen molar-refractivity contribution in [3.63, 3.8) is 0 Å². The average molecular weight is 433 g/mol. The van der Waals surface area contributed by atoms with Gasteiger partial charge in [-0.15, -0.1) is 0 Å². The van der Waals surface area contributed by atoms with E-state index in [-0.39, 0.29) is 5.91 Å². The summed E-state index contributed by atoms with van der Waals surface area (Å²) in [5, 5.41) is 1.30. The Labute approximate surface area is 180 Å². The lowest BCUT2D eigenvalue weighted by Crippen LogP contribution is -3.15. The number of carbonyl (C=O) groups excluding carboxylic acids is 1. The molecule has 7 heteroatoms. The molecule has 1 aromatic rings. The number of piperazine rings is 1. The molecule has 1 aliphatic carbocycles. The molecule has 2 atom stereocenters. The normalized spacial score (nSPS) is 26.6. The Hall–Kier alpha value is -1.70. The molecule has 1 N–H and O–H groups in total. The first-order valence-corrected chi connectivity index (χ1v) is 12.9. The van der Waals surface area contributed by atoms with Crippen molar-refractivity contribution in [2.75, 3.05) is 39.3 Å². The third-order valence-electron chi connectivity index (χ3n) is 6.99. The molecule has 1 amide bonds. The van der Waals surface area contributed by atoms with Crippen LogP contribution < -0.4 is 4.90 Å². The molecule has 0 radical (unpaired) electrons. The van der Waals surface area contributed by atoms with Crippen molar-refractivity contribution < 1.29 is 18.1 Å². The number of hydrogen-bond donors (Lipinski definition) is 1. The molecule has 4 rings (SSSR count). The fourth-order valence-electron chi connectivity index (χ4n) is 5.30. The predicted octanol–water partition coefficient (Wildman–Crippen LogP) is 1.37. The number of quaternary nitrogens is 1. The van der Waals surface area contributed by atoms with E-state index in [9.17, 15) is 13.2 Å². The van der Waals surface area contributed by atoms with E-state index in [1.807, 2.05) is 30.3 Å². The molecule has 0 aromatic heterocycles. The van der Waals surface area contributed by atoms with E-state index in [2.05, 4.69) is 4.90 Å². The molecule has 2 heterocycles. The van der Waals surface area contributed by atoms with Gasteiger partial charge in [-0.25, -0.2) is 8.42 Å². The van der Waals surface area contributed by atoms with Gasteiger partial charge >= 0.3 is 0 Å². The first-order valence-electron chi connectivity index (χ1n) is 11.4. The van der Waals surface area contributed by atoms with Crippen molar-refractivity contribution in [1.29, 1.82) is 0 Å². The quantitative estimate of drug-likeness (QED) is 0.765. The van der Waals surface area contributed by atoms with E-state index in [1.54, 1.807) is 10.4 Å². The molecule has 3 aliphatic rings. The van der Waals surface area contributed by atoms with Crippen LogP contribution in [0.3, 0.4) is 0 Å². The summed E-state index contributed by atoms with van der Waals surface area (Å²) in [5.74, 6) is 0.965. The maximum absolute atomic E-state index is 13.0. The van der Waals surface area contributed by atoms with Gasteiger partial charge in [-0.3, -0.25) is 4.79 Å². The summed E-state index contributed by atoms with van der Waals surface area (Å²) in [6, 6.07) is 9.91. The van der Waals surface area contributed by atoms with Crippen LogP contribution >= 0.6 is 0 Å². The van der Waals surface area contributed by atoms with Crippen LogP contribution in [0.1, 0.15) is 44.1 Å². The number of piperidine rings is 1. The molecule has 30 heavy (non-hydrogen) atoms. The number of nitrogens with zero attached hydrogens (tertiary/aromatic N) is 2. The Kier molecular flexibility index (Phi) is 6.91. The van der Waals surface area contributed by atoms with Gasteiger partial charge in [-0.05, 0) is 43.2 Å². The van der Waals surface area contributed by atoms with E-state index in [0.29, 0.717) is 44.7 Å². The topological polar surface area (TPSA) is 62.1 Å². The highest BCUT2D eigenvalue weighted by molar-refractivity contribution is 7.92. The number of nitrogens with one attached hydrogen (secondary N) is 1. The van der Waals surface area contributed by atoms with Crippen molar-refractivity contribution in [1.82, 2.24) is 9.21 Å². The highest BCUT2D eigenvalue weighted by Gasteiger charge is 2.37. The maximum atomic E-state index is 13.0. The minimum atomic E-state index is -3.43. The van der Waals surface area contributed by atoms with Crippen LogP contribution in [0.2, 0.25) is 0 Å². The SMILES string of the molecule is O=C(C[NH+]1CCN(S(=O)(=O)/C=C/c2ccccc2)CC1)N1CCC[C@H]2CCCC[C@@H]21. The summed E-state index contributed by atoms with van der Waals surface area (Å²) in [4.78, 5) is 16.4. The summed E-state index contributed by atoms with van der Waals surface area (Å²) >= 11 is 0. The van der Waals surface area contributed by atoms with E-state index >= 15 is 0 Å². The van der Waals surface area contributed by atoms with Crippen molar-refractivity contribution >= 4 is 22.0 Å². The third kappa shape index (κ3) is 5.13. The number of likely N-dealkylation sites (tertiary alicyclic amines) is 1. The van der Waals surface area contributed by atoms with Crippen LogP contribution in [0.4, 0.5) is 0 Å². The average Bonchev–Trinajstić information content (AvgIpc) is 2.78. The second-order valence-corrected chi connectivity index (χ2v) is 10.7. The number of sulfonamides is 1. The summed E-state index contributed by atoms with van der Waals surface area (Å²) in [5.41, 5.74) is 0.874. The lowest BCUT2D eigenvalue weighted by atomic mass is 9.78. The molecule has 0 spiro atoms. The standard InChI is InChI=1S/C23H33N3O3S/c27-23(26-13-6-10-21-9-4-5-11-22(21)26)19-24-14-16-25(17-15-24)30(28,29)18-12-20-7-2-1-3-8-20/h1-3,7-8,12,18,21-22H,4-6,9-11,13-17,19H2/p+1/b18-12+/t21-,22+/m1/s1. The Bertz CT molecular complexity index is 846. The Morgan fingerprint density at radius 2 is 1.70 bits per heavy atom. The molecule has 1 aromatic carbocycles. The van der Waals surface area contributed by atoms with Gasteiger partial charge < -0.3 is 9.80 Å². The number of rotatable bonds is 5. The van der Waals surface area contributed by atoms with Gasteiger partial charge in [0.15, 0.2) is 6.54 Å². The zero-order valence-electron chi connectivity index (χ0n) is 17.7. The first-order chi connectivity index (χ1) is 14.5. The highest BCUT2D eigenvalue weighted by Crippen LogP contribution is 2.35. The molecule has 6 nitrogen and oxygen atoms in total. The van der Waals surface area contributed by atoms with Crippen molar-refractivity contribution in [3.05, 3.63) is 41.3 Å². The minimum Gasteiger partial charge on any atom is -0.335 e. The second kappa shape index (κ2) is 9.62. The van der Waals surface area contributed by atoms with Gasteiger partial charge in [0, 0.05) is 18.0 Å². The number of amides is 1. The van der Waals surface area contributed by atoms with Gasteiger partial charge in [0.1, 0.15) is 0 Å². The van der Waals surface area contributed by atoms with Gasteiger partial charge in [0.05, 0.1) is 26.2 Å². The first kappa shape index (κ1) is 21.5. The van der Waals surface area contributed by atoms with Crippen LogP contribution in [0.15, 0.2) is 35.7 Å². The molecule has 3 fully saturated rings. The number of benzene rings is 1. The summed E-state index contributed by atoms with van der Waals surface area (Å²) in [7, 11) is -3.43. The molecule has 0 bridgehead atoms. The van der Waals surface area contributed by atoms with E-state index in [4.69, 9.17) is 0 Å². The molecular weight excluding hydrogens is 398 g/mol. The Balaban J connectivity index is 1.29. The molecule has 0 unspecified atom stereocenters.